The lowest BCUT2D eigenvalue weighted by molar-refractivity contribution is 0.630. The topological polar surface area (TPSA) is 28.2 Å². The summed E-state index contributed by atoms with van der Waals surface area (Å²) in [4.78, 5) is 8.14. The Morgan fingerprint density at radius 2 is 2.10 bits per heavy atom. The molecule has 2 aromatic rings. The average Bonchev–Trinajstić information content (AvgIpc) is 2.73. The number of thiophene rings is 1. The third-order valence-corrected chi connectivity index (χ3v) is 4.33. The zero-order valence-electron chi connectivity index (χ0n) is 12.3. The standard InChI is InChI=1S/C15H20BrN3S/c1-15(2,3)18-13-6-5-7-14(17-13)19(4)9-12-8-11(16)10-20-12/h5-8,10H,9H2,1-4H3,(H,17,18). The number of nitrogens with zero attached hydrogens (tertiary/aromatic N) is 2. The smallest absolute Gasteiger partial charge is 0.131 e. The SMILES string of the molecule is CN(Cc1cc(Br)cs1)c1cccc(NC(C)(C)C)n1. The van der Waals surface area contributed by atoms with Gasteiger partial charge in [-0.25, -0.2) is 4.98 Å². The van der Waals surface area contributed by atoms with Gasteiger partial charge < -0.3 is 10.2 Å². The van der Waals surface area contributed by atoms with Gasteiger partial charge in [-0.1, -0.05) is 6.07 Å². The van der Waals surface area contributed by atoms with Crippen LogP contribution in [0, 0.1) is 0 Å². The van der Waals surface area contributed by atoms with E-state index in [-0.39, 0.29) is 5.54 Å². The normalized spacial score (nSPS) is 11.4. The van der Waals surface area contributed by atoms with E-state index in [4.69, 9.17) is 0 Å². The van der Waals surface area contributed by atoms with Crippen LogP contribution >= 0.6 is 27.3 Å². The molecule has 5 heteroatoms. The molecule has 3 nitrogen and oxygen atoms in total. The largest absolute Gasteiger partial charge is 0.365 e. The van der Waals surface area contributed by atoms with Gasteiger partial charge in [0.25, 0.3) is 0 Å². The molecule has 0 unspecified atom stereocenters. The summed E-state index contributed by atoms with van der Waals surface area (Å²) in [5.41, 5.74) is 0.0167. The number of pyridine rings is 1. The van der Waals surface area contributed by atoms with E-state index in [9.17, 15) is 0 Å². The number of aromatic nitrogens is 1. The van der Waals surface area contributed by atoms with Gasteiger partial charge in [-0.05, 0) is 54.9 Å². The summed E-state index contributed by atoms with van der Waals surface area (Å²) >= 11 is 5.24. The molecular formula is C15H20BrN3S. The van der Waals surface area contributed by atoms with Gasteiger partial charge in [0.1, 0.15) is 11.6 Å². The van der Waals surface area contributed by atoms with Crippen LogP contribution in [0.5, 0.6) is 0 Å². The minimum Gasteiger partial charge on any atom is -0.365 e. The molecule has 0 aliphatic rings. The lowest BCUT2D eigenvalue weighted by Gasteiger charge is -2.23. The lowest BCUT2D eigenvalue weighted by atomic mass is 10.1. The van der Waals surface area contributed by atoms with Crippen LogP contribution in [0.1, 0.15) is 25.6 Å². The maximum Gasteiger partial charge on any atom is 0.131 e. The van der Waals surface area contributed by atoms with E-state index < -0.39 is 0 Å². The second-order valence-corrected chi connectivity index (χ2v) is 7.75. The van der Waals surface area contributed by atoms with Gasteiger partial charge in [-0.3, -0.25) is 0 Å². The summed E-state index contributed by atoms with van der Waals surface area (Å²) in [6, 6.07) is 8.23. The Labute approximate surface area is 133 Å². The van der Waals surface area contributed by atoms with Crippen LogP contribution in [0.25, 0.3) is 0 Å². The van der Waals surface area contributed by atoms with E-state index >= 15 is 0 Å². The molecule has 1 N–H and O–H groups in total. The van der Waals surface area contributed by atoms with E-state index in [1.165, 1.54) is 4.88 Å². The highest BCUT2D eigenvalue weighted by Gasteiger charge is 2.11. The van der Waals surface area contributed by atoms with Crippen LogP contribution < -0.4 is 10.2 Å². The number of hydrogen-bond donors (Lipinski definition) is 1. The van der Waals surface area contributed by atoms with E-state index in [1.807, 2.05) is 18.2 Å². The second kappa shape index (κ2) is 6.14. The zero-order chi connectivity index (χ0) is 14.8. The van der Waals surface area contributed by atoms with Crippen LogP contribution in [0.15, 0.2) is 34.1 Å². The minimum absolute atomic E-state index is 0.0167. The number of nitrogens with one attached hydrogen (secondary N) is 1. The van der Waals surface area contributed by atoms with Crippen molar-refractivity contribution in [2.45, 2.75) is 32.9 Å². The summed E-state index contributed by atoms with van der Waals surface area (Å²) in [6.45, 7) is 7.26. The van der Waals surface area contributed by atoms with Crippen LogP contribution in [-0.2, 0) is 6.54 Å². The molecule has 0 bridgehead atoms. The molecule has 0 radical (unpaired) electrons. The third-order valence-electron chi connectivity index (χ3n) is 2.64. The molecule has 0 saturated carbocycles. The third kappa shape index (κ3) is 4.49. The van der Waals surface area contributed by atoms with Gasteiger partial charge in [0.15, 0.2) is 0 Å². The van der Waals surface area contributed by atoms with Crippen molar-refractivity contribution in [2.24, 2.45) is 0 Å². The Morgan fingerprint density at radius 3 is 2.70 bits per heavy atom. The zero-order valence-corrected chi connectivity index (χ0v) is 14.7. The van der Waals surface area contributed by atoms with Crippen molar-refractivity contribution in [3.05, 3.63) is 39.0 Å². The fraction of sp³-hybridized carbons (Fsp3) is 0.400. The van der Waals surface area contributed by atoms with Crippen LogP contribution in [0.3, 0.4) is 0 Å². The first-order valence-electron chi connectivity index (χ1n) is 6.53. The predicted octanol–water partition coefficient (Wildman–Crippen LogP) is 4.75. The highest BCUT2D eigenvalue weighted by molar-refractivity contribution is 9.10. The van der Waals surface area contributed by atoms with Gasteiger partial charge in [-0.2, -0.15) is 0 Å². The molecule has 0 aliphatic heterocycles. The van der Waals surface area contributed by atoms with E-state index in [2.05, 4.69) is 70.4 Å². The fourth-order valence-electron chi connectivity index (χ4n) is 1.84. The van der Waals surface area contributed by atoms with Crippen molar-refractivity contribution in [3.8, 4) is 0 Å². The highest BCUT2D eigenvalue weighted by Crippen LogP contribution is 2.23. The molecule has 0 saturated heterocycles. The maximum atomic E-state index is 4.67. The van der Waals surface area contributed by atoms with Crippen molar-refractivity contribution < 1.29 is 0 Å². The Bertz CT molecular complexity index is 574. The summed E-state index contributed by atoms with van der Waals surface area (Å²) in [7, 11) is 2.07. The summed E-state index contributed by atoms with van der Waals surface area (Å²) in [5, 5.41) is 5.51. The Morgan fingerprint density at radius 1 is 1.35 bits per heavy atom. The molecule has 0 spiro atoms. The van der Waals surface area contributed by atoms with Crippen molar-refractivity contribution in [3.63, 3.8) is 0 Å². The van der Waals surface area contributed by atoms with Crippen molar-refractivity contribution in [1.82, 2.24) is 4.98 Å². The number of hydrogen-bond acceptors (Lipinski definition) is 4. The molecule has 0 aromatic carbocycles. The molecule has 108 valence electrons. The Balaban J connectivity index is 2.10. The highest BCUT2D eigenvalue weighted by atomic mass is 79.9. The first-order valence-corrected chi connectivity index (χ1v) is 8.20. The monoisotopic (exact) mass is 353 g/mol. The molecule has 0 atom stereocenters. The Hall–Kier alpha value is -1.07. The molecule has 0 fully saturated rings. The molecular weight excluding hydrogens is 334 g/mol. The second-order valence-electron chi connectivity index (χ2n) is 5.84. The van der Waals surface area contributed by atoms with Crippen molar-refractivity contribution >= 4 is 38.9 Å². The van der Waals surface area contributed by atoms with Gasteiger partial charge in [-0.15, -0.1) is 11.3 Å². The number of anilines is 2. The summed E-state index contributed by atoms with van der Waals surface area (Å²) in [5.74, 6) is 1.89. The number of rotatable bonds is 4. The molecule has 20 heavy (non-hydrogen) atoms. The van der Waals surface area contributed by atoms with Crippen molar-refractivity contribution in [2.75, 3.05) is 17.3 Å². The lowest BCUT2D eigenvalue weighted by Crippen LogP contribution is -2.27. The first kappa shape index (κ1) is 15.3. The van der Waals surface area contributed by atoms with E-state index in [0.29, 0.717) is 0 Å². The summed E-state index contributed by atoms with van der Waals surface area (Å²) < 4.78 is 1.14. The van der Waals surface area contributed by atoms with Crippen LogP contribution in [-0.4, -0.2) is 17.6 Å². The van der Waals surface area contributed by atoms with Gasteiger partial charge >= 0.3 is 0 Å². The fourth-order valence-corrected chi connectivity index (χ4v) is 3.34. The first-order chi connectivity index (χ1) is 9.33. The molecule has 2 aromatic heterocycles. The molecule has 0 aliphatic carbocycles. The van der Waals surface area contributed by atoms with Crippen molar-refractivity contribution in [1.29, 1.82) is 0 Å². The van der Waals surface area contributed by atoms with E-state index in [0.717, 1.165) is 22.7 Å². The predicted molar refractivity (Wildman–Crippen MR) is 91.7 cm³/mol. The minimum atomic E-state index is 0.0167. The molecule has 2 rings (SSSR count). The number of halogens is 1. The molecule has 2 heterocycles. The maximum absolute atomic E-state index is 4.67. The van der Waals surface area contributed by atoms with Crippen LogP contribution in [0.2, 0.25) is 0 Å². The summed E-state index contributed by atoms with van der Waals surface area (Å²) in [6.07, 6.45) is 0. The van der Waals surface area contributed by atoms with Gasteiger partial charge in [0.05, 0.1) is 6.54 Å². The van der Waals surface area contributed by atoms with Crippen LogP contribution in [0.4, 0.5) is 11.6 Å². The quantitative estimate of drug-likeness (QED) is 0.859. The molecule has 0 amide bonds. The average molecular weight is 354 g/mol. The van der Waals surface area contributed by atoms with E-state index in [1.54, 1.807) is 11.3 Å². The Kier molecular flexibility index (Phi) is 4.70. The van der Waals surface area contributed by atoms with Gasteiger partial charge in [0.2, 0.25) is 0 Å². The van der Waals surface area contributed by atoms with Gasteiger partial charge in [0, 0.05) is 27.3 Å².